The second-order valence-electron chi connectivity index (χ2n) is 28.4. The molecule has 9 atom stereocenters. The molecule has 2 saturated heterocycles. The molecule has 6 N–H and O–H groups in total. The van der Waals surface area contributed by atoms with Gasteiger partial charge in [-0.3, -0.25) is 62.3 Å². The number of benzene rings is 2. The van der Waals surface area contributed by atoms with Gasteiger partial charge in [-0.25, -0.2) is 0 Å². The van der Waals surface area contributed by atoms with Crippen LogP contribution in [0.1, 0.15) is 131 Å². The number of rotatable bonds is 16. The Bertz CT molecular complexity index is 3240. The molecule has 0 bridgehead atoms. The number of hydrogen-bond acceptors (Lipinski definition) is 14. The van der Waals surface area contributed by atoms with Crippen molar-refractivity contribution in [1.29, 1.82) is 0 Å². The van der Waals surface area contributed by atoms with Gasteiger partial charge in [-0.2, -0.15) is 13.2 Å². The van der Waals surface area contributed by atoms with Crippen molar-refractivity contribution in [2.75, 3.05) is 88.2 Å². The Morgan fingerprint density at radius 2 is 1.16 bits per heavy atom. The zero-order chi connectivity index (χ0) is 76.1. The molecule has 0 saturated carbocycles. The number of carbonyl (C=O) groups excluding carboxylic acids is 13. The molecule has 4 rings (SSSR count). The SMILES string of the molecule is CC[C@H](C)[C@@H]1NC(=O)[C@H](C)N(C)C(=O)CC(C(=O)N2CCCC2)NC(=O)[C@H](CC(C)C)N(C)C(=O)[C@H](COCC(=O)NC(C)(C)C)NC(=O)[C@H](CC(C)C)NC(=O)[C@H](CCc2ccc(C(F)(F)F)cc2)NC(=O)CN(C)C(=O)[C@H](Cc2ccc(Cl)cc2)N(C)C(=O)CN(C)C(=O)CN(C)C1=O. The average Bonchev–Trinajstić information content (AvgIpc) is 1.57. The number of nitrogens with zero attached hydrogens (tertiary/aromatic N) is 7. The summed E-state index contributed by atoms with van der Waals surface area (Å²) in [6, 6.07) is -1.21. The fourth-order valence-corrected chi connectivity index (χ4v) is 11.5. The van der Waals surface area contributed by atoms with Gasteiger partial charge in [0.15, 0.2) is 0 Å². The van der Waals surface area contributed by atoms with Crippen molar-refractivity contribution in [2.45, 2.75) is 187 Å². The molecule has 31 heteroatoms. The van der Waals surface area contributed by atoms with E-state index in [9.17, 15) is 70.7 Å². The lowest BCUT2D eigenvalue weighted by atomic mass is 9.97. The van der Waals surface area contributed by atoms with E-state index in [0.29, 0.717) is 48.5 Å². The van der Waals surface area contributed by atoms with Crippen LogP contribution in [0.2, 0.25) is 5.02 Å². The first kappa shape index (κ1) is 85.0. The minimum Gasteiger partial charge on any atom is -0.369 e. The number of likely N-dealkylation sites (tertiary alicyclic amines) is 1. The monoisotopic (exact) mass is 1440 g/mol. The van der Waals surface area contributed by atoms with Gasteiger partial charge in [0.2, 0.25) is 76.8 Å². The van der Waals surface area contributed by atoms with E-state index in [-0.39, 0.29) is 43.9 Å². The summed E-state index contributed by atoms with van der Waals surface area (Å²) in [5.41, 5.74) is -0.809. The smallest absolute Gasteiger partial charge is 0.369 e. The van der Waals surface area contributed by atoms with Gasteiger partial charge in [-0.1, -0.05) is 83.8 Å². The van der Waals surface area contributed by atoms with E-state index in [0.717, 1.165) is 41.5 Å². The molecule has 0 radical (unpaired) electrons. The molecule has 2 fully saturated rings. The maximum absolute atomic E-state index is 15.2. The van der Waals surface area contributed by atoms with Crippen LogP contribution < -0.4 is 31.9 Å². The van der Waals surface area contributed by atoms with Crippen LogP contribution in [0.25, 0.3) is 0 Å². The molecule has 562 valence electrons. The largest absolute Gasteiger partial charge is 0.416 e. The van der Waals surface area contributed by atoms with Crippen LogP contribution in [0.15, 0.2) is 48.5 Å². The number of alkyl halides is 3. The third kappa shape index (κ3) is 26.5. The Balaban J connectivity index is 1.90. The van der Waals surface area contributed by atoms with E-state index in [4.69, 9.17) is 16.3 Å². The lowest BCUT2D eigenvalue weighted by Gasteiger charge is -2.34. The molecule has 1 unspecified atom stereocenters. The third-order valence-electron chi connectivity index (χ3n) is 17.8. The predicted molar refractivity (Wildman–Crippen MR) is 370 cm³/mol. The Morgan fingerprint density at radius 1 is 0.604 bits per heavy atom. The van der Waals surface area contributed by atoms with Gasteiger partial charge in [-0.05, 0) is 119 Å². The van der Waals surface area contributed by atoms with Crippen LogP contribution in [0.3, 0.4) is 0 Å². The summed E-state index contributed by atoms with van der Waals surface area (Å²) in [7, 11) is 7.80. The standard InChI is InChI=1S/C70H105ClF3N13O14/c1-17-43(6)60-68(100)83(13)37-58(91)81(11)38-59(92)85(15)54(34-46-22-27-48(71)28-23-46)67(99)82(12)36-55(88)75-49(29-24-45-20-25-47(26-21-45)70(72,73)74)62(94)76-50(32-41(2)3)63(95)78-52(39-101-40-56(89)80-69(8,9)10)65(97)86(16)53(33-42(4)5)64(96)77-51(66(98)87-30-18-19-31-87)35-57(90)84(14)44(7)61(93)79-60/h20-23,25-28,41-44,49-54,60H,17-19,24,29-40H2,1-16H3,(H,75,88)(H,76,94)(H,77,96)(H,78,95)(H,79,93)(H,80,89)/t43-,44-,49-,50-,51?,52-,53-,54-,60-/m0/s1. The molecule has 101 heavy (non-hydrogen) atoms. The van der Waals surface area contributed by atoms with E-state index < -0.39 is 188 Å². The van der Waals surface area contributed by atoms with Gasteiger partial charge in [-0.15, -0.1) is 0 Å². The predicted octanol–water partition coefficient (Wildman–Crippen LogP) is 2.93. The van der Waals surface area contributed by atoms with Crippen LogP contribution in [0.4, 0.5) is 13.2 Å². The molecule has 13 amide bonds. The second kappa shape index (κ2) is 38.6. The van der Waals surface area contributed by atoms with Crippen LogP contribution in [-0.4, -0.2) is 253 Å². The number of ether oxygens (including phenoxy) is 1. The lowest BCUT2D eigenvalue weighted by Crippen LogP contribution is -2.61. The van der Waals surface area contributed by atoms with Crippen LogP contribution in [0.5, 0.6) is 0 Å². The number of halogens is 4. The van der Waals surface area contributed by atoms with Crippen LogP contribution in [-0.2, 0) is 86.1 Å². The van der Waals surface area contributed by atoms with E-state index >= 15 is 4.79 Å². The van der Waals surface area contributed by atoms with Crippen molar-refractivity contribution in [3.8, 4) is 0 Å². The second-order valence-corrected chi connectivity index (χ2v) is 28.8. The fraction of sp³-hybridized carbons (Fsp3) is 0.643. The molecule has 0 aliphatic carbocycles. The summed E-state index contributed by atoms with van der Waals surface area (Å²) >= 11 is 6.21. The number of amides is 13. The minimum absolute atomic E-state index is 0.0499. The van der Waals surface area contributed by atoms with E-state index in [1.165, 1.54) is 66.2 Å². The van der Waals surface area contributed by atoms with Crippen LogP contribution in [0, 0.1) is 17.8 Å². The highest BCUT2D eigenvalue weighted by atomic mass is 35.5. The van der Waals surface area contributed by atoms with Gasteiger partial charge in [0.25, 0.3) is 0 Å². The van der Waals surface area contributed by atoms with Crippen molar-refractivity contribution < 1.29 is 80.2 Å². The van der Waals surface area contributed by atoms with Crippen molar-refractivity contribution in [3.63, 3.8) is 0 Å². The number of likely N-dealkylation sites (N-methyl/N-ethyl adjacent to an activating group) is 6. The molecule has 2 aliphatic heterocycles. The van der Waals surface area contributed by atoms with Crippen molar-refractivity contribution in [1.82, 2.24) is 66.2 Å². The van der Waals surface area contributed by atoms with Gasteiger partial charge < -0.3 is 70.9 Å². The number of carbonyl (C=O) groups is 13. The van der Waals surface area contributed by atoms with Crippen molar-refractivity contribution >= 4 is 88.4 Å². The molecule has 2 aromatic carbocycles. The average molecular weight is 1450 g/mol. The molecule has 2 aromatic rings. The maximum atomic E-state index is 15.2. The molecule has 2 heterocycles. The highest BCUT2D eigenvalue weighted by Gasteiger charge is 2.41. The molecule has 2 aliphatic rings. The van der Waals surface area contributed by atoms with Gasteiger partial charge in [0.05, 0.1) is 38.2 Å². The topological polar surface area (TPSA) is 326 Å². The highest BCUT2D eigenvalue weighted by Crippen LogP contribution is 2.30. The van der Waals surface area contributed by atoms with Gasteiger partial charge >= 0.3 is 6.18 Å². The molecular formula is C70H105ClF3N13O14. The summed E-state index contributed by atoms with van der Waals surface area (Å²) in [6.07, 6.45) is -4.43. The summed E-state index contributed by atoms with van der Waals surface area (Å²) in [5.74, 6) is -11.7. The van der Waals surface area contributed by atoms with E-state index in [2.05, 4.69) is 31.9 Å². The maximum Gasteiger partial charge on any atom is 0.416 e. The van der Waals surface area contributed by atoms with Crippen LogP contribution >= 0.6 is 11.6 Å². The van der Waals surface area contributed by atoms with Gasteiger partial charge in [0.1, 0.15) is 54.9 Å². The first-order valence-electron chi connectivity index (χ1n) is 34.1. The summed E-state index contributed by atoms with van der Waals surface area (Å²) in [5, 5.41) is 16.5. The Hall–Kier alpha value is -8.41. The number of aryl methyl sites for hydroxylation is 1. The Labute approximate surface area is 595 Å². The first-order chi connectivity index (χ1) is 47.0. The molecular weight excluding hydrogens is 1340 g/mol. The van der Waals surface area contributed by atoms with Crippen molar-refractivity contribution in [2.24, 2.45) is 17.8 Å². The third-order valence-corrected chi connectivity index (χ3v) is 18.0. The quantitative estimate of drug-likeness (QED) is 0.141. The summed E-state index contributed by atoms with van der Waals surface area (Å²) in [6.45, 7) is 14.4. The van der Waals surface area contributed by atoms with E-state index in [1.54, 1.807) is 86.6 Å². The lowest BCUT2D eigenvalue weighted by molar-refractivity contribution is -0.148. The summed E-state index contributed by atoms with van der Waals surface area (Å²) < 4.78 is 46.8. The molecule has 27 nitrogen and oxygen atoms in total. The first-order valence-corrected chi connectivity index (χ1v) is 34.5. The normalized spacial score (nSPS) is 23.4. The van der Waals surface area contributed by atoms with Gasteiger partial charge in [0, 0.05) is 72.4 Å². The Kier molecular flexibility index (Phi) is 32.5. The molecule has 0 spiro atoms. The zero-order valence-corrected chi connectivity index (χ0v) is 61.9. The Morgan fingerprint density at radius 3 is 1.72 bits per heavy atom. The minimum atomic E-state index is -4.67. The summed E-state index contributed by atoms with van der Waals surface area (Å²) in [4.78, 5) is 195. The zero-order valence-electron chi connectivity index (χ0n) is 61.1. The van der Waals surface area contributed by atoms with E-state index in [1.807, 2.05) is 0 Å². The van der Waals surface area contributed by atoms with Crippen molar-refractivity contribution in [3.05, 3.63) is 70.2 Å². The molecule has 0 aromatic heterocycles. The number of nitrogens with one attached hydrogen (secondary N) is 6. The number of hydrogen-bond donors (Lipinski definition) is 6. The highest BCUT2D eigenvalue weighted by molar-refractivity contribution is 6.30. The fourth-order valence-electron chi connectivity index (χ4n) is 11.4.